The molecule has 0 radical (unpaired) electrons. The van der Waals surface area contributed by atoms with Gasteiger partial charge in [-0.25, -0.2) is 13.4 Å². The average molecular weight is 352 g/mol. The highest BCUT2D eigenvalue weighted by molar-refractivity contribution is 7.93. The van der Waals surface area contributed by atoms with Crippen LogP contribution in [-0.4, -0.2) is 31.6 Å². The van der Waals surface area contributed by atoms with Crippen molar-refractivity contribution < 1.29 is 13.2 Å². The van der Waals surface area contributed by atoms with E-state index in [0.717, 1.165) is 0 Å². The Morgan fingerprint density at radius 2 is 2.09 bits per heavy atom. The van der Waals surface area contributed by atoms with E-state index in [1.165, 1.54) is 10.5 Å². The van der Waals surface area contributed by atoms with Gasteiger partial charge in [0.2, 0.25) is 10.0 Å². The minimum Gasteiger partial charge on any atom is -0.307 e. The molecule has 0 atom stereocenters. The van der Waals surface area contributed by atoms with E-state index in [-0.39, 0.29) is 11.7 Å². The minimum atomic E-state index is -3.27. The second kappa shape index (κ2) is 6.17. The van der Waals surface area contributed by atoms with Crippen molar-refractivity contribution in [3.63, 3.8) is 0 Å². The zero-order valence-corrected chi connectivity index (χ0v) is 13.6. The predicted molar refractivity (Wildman–Crippen MR) is 89.4 cm³/mol. The normalized spacial score (nSPS) is 16.3. The van der Waals surface area contributed by atoms with Crippen LogP contribution in [0.3, 0.4) is 0 Å². The molecule has 1 amide bonds. The summed E-state index contributed by atoms with van der Waals surface area (Å²) >= 11 is 5.75. The van der Waals surface area contributed by atoms with Crippen molar-refractivity contribution in [2.24, 2.45) is 0 Å². The number of carbonyl (C=O) groups excluding carboxylic acids is 1. The first-order valence-electron chi connectivity index (χ1n) is 6.99. The third kappa shape index (κ3) is 3.46. The number of sulfonamides is 1. The van der Waals surface area contributed by atoms with E-state index in [1.807, 2.05) is 0 Å². The molecule has 1 aromatic heterocycles. The number of anilines is 2. The van der Waals surface area contributed by atoms with Gasteiger partial charge in [0.25, 0.3) is 5.91 Å². The van der Waals surface area contributed by atoms with Crippen LogP contribution in [0.25, 0.3) is 0 Å². The molecule has 1 saturated heterocycles. The van der Waals surface area contributed by atoms with Gasteiger partial charge in [-0.1, -0.05) is 17.7 Å². The molecule has 8 heteroatoms. The molecule has 1 fully saturated rings. The lowest BCUT2D eigenvalue weighted by molar-refractivity contribution is 0.102. The number of nitrogens with zero attached hydrogens (tertiary/aromatic N) is 2. The quantitative estimate of drug-likeness (QED) is 0.921. The Balaban J connectivity index is 1.82. The molecule has 0 aliphatic carbocycles. The minimum absolute atomic E-state index is 0.137. The highest BCUT2D eigenvalue weighted by Gasteiger charge is 2.28. The van der Waals surface area contributed by atoms with E-state index in [1.54, 1.807) is 36.4 Å². The molecule has 2 aromatic rings. The van der Waals surface area contributed by atoms with Crippen molar-refractivity contribution in [2.45, 2.75) is 6.42 Å². The topological polar surface area (TPSA) is 79.4 Å². The maximum atomic E-state index is 12.3. The first-order valence-corrected chi connectivity index (χ1v) is 8.98. The summed E-state index contributed by atoms with van der Waals surface area (Å²) in [4.78, 5) is 16.3. The molecule has 1 N–H and O–H groups in total. The fourth-order valence-corrected chi connectivity index (χ4v) is 4.04. The van der Waals surface area contributed by atoms with Gasteiger partial charge in [-0.05, 0) is 36.8 Å². The van der Waals surface area contributed by atoms with Crippen LogP contribution < -0.4 is 9.62 Å². The van der Waals surface area contributed by atoms with Crippen LogP contribution in [0.2, 0.25) is 5.02 Å². The molecule has 0 bridgehead atoms. The molecule has 3 rings (SSSR count). The number of halogens is 1. The lowest BCUT2D eigenvalue weighted by atomic mass is 10.2. The van der Waals surface area contributed by atoms with E-state index >= 15 is 0 Å². The Hall–Kier alpha value is -2.12. The Bertz CT molecular complexity index is 837. The predicted octanol–water partition coefficient (Wildman–Crippen LogP) is 2.53. The van der Waals surface area contributed by atoms with Gasteiger partial charge in [-0.2, -0.15) is 0 Å². The summed E-state index contributed by atoms with van der Waals surface area (Å²) in [5.41, 5.74) is 0.862. The summed E-state index contributed by atoms with van der Waals surface area (Å²) in [6, 6.07) is 9.74. The molecule has 0 unspecified atom stereocenters. The van der Waals surface area contributed by atoms with Crippen molar-refractivity contribution in [1.82, 2.24) is 4.98 Å². The van der Waals surface area contributed by atoms with Crippen LogP contribution >= 0.6 is 11.6 Å². The molecule has 1 aliphatic rings. The summed E-state index contributed by atoms with van der Waals surface area (Å²) in [5.74, 6) is 0.148. The zero-order chi connectivity index (χ0) is 16.4. The van der Waals surface area contributed by atoms with Crippen molar-refractivity contribution in [3.8, 4) is 0 Å². The summed E-state index contributed by atoms with van der Waals surface area (Å²) in [7, 11) is -3.27. The van der Waals surface area contributed by atoms with E-state index in [2.05, 4.69) is 10.3 Å². The van der Waals surface area contributed by atoms with Crippen molar-refractivity contribution >= 4 is 39.0 Å². The molecule has 1 aliphatic heterocycles. The van der Waals surface area contributed by atoms with Gasteiger partial charge in [-0.3, -0.25) is 9.10 Å². The van der Waals surface area contributed by atoms with Crippen LogP contribution in [0, 0.1) is 0 Å². The third-order valence-corrected chi connectivity index (χ3v) is 5.56. The van der Waals surface area contributed by atoms with E-state index < -0.39 is 10.0 Å². The number of aromatic nitrogens is 1. The number of hydrogen-bond donors (Lipinski definition) is 1. The van der Waals surface area contributed by atoms with Gasteiger partial charge in [-0.15, -0.1) is 0 Å². The summed E-state index contributed by atoms with van der Waals surface area (Å²) < 4.78 is 25.3. The number of rotatable bonds is 3. The van der Waals surface area contributed by atoms with Gasteiger partial charge in [0.1, 0.15) is 5.82 Å². The van der Waals surface area contributed by atoms with Crippen LogP contribution in [0.5, 0.6) is 0 Å². The van der Waals surface area contributed by atoms with Crippen LogP contribution in [-0.2, 0) is 10.0 Å². The van der Waals surface area contributed by atoms with Crippen LogP contribution in [0.1, 0.15) is 16.8 Å². The highest BCUT2D eigenvalue weighted by atomic mass is 35.5. The van der Waals surface area contributed by atoms with E-state index in [4.69, 9.17) is 11.6 Å². The summed E-state index contributed by atoms with van der Waals surface area (Å²) in [6.45, 7) is 0.437. The highest BCUT2D eigenvalue weighted by Crippen LogP contribution is 2.25. The molecule has 120 valence electrons. The lowest BCUT2D eigenvalue weighted by Crippen LogP contribution is -2.25. The first kappa shape index (κ1) is 15.8. The van der Waals surface area contributed by atoms with Gasteiger partial charge in [0, 0.05) is 18.3 Å². The first-order chi connectivity index (χ1) is 11.0. The van der Waals surface area contributed by atoms with Gasteiger partial charge in [0.15, 0.2) is 0 Å². The smallest absolute Gasteiger partial charge is 0.256 e. The number of hydrogen-bond acceptors (Lipinski definition) is 4. The van der Waals surface area contributed by atoms with Crippen LogP contribution in [0.4, 0.5) is 11.5 Å². The van der Waals surface area contributed by atoms with Crippen molar-refractivity contribution in [2.75, 3.05) is 21.9 Å². The van der Waals surface area contributed by atoms with Crippen molar-refractivity contribution in [1.29, 1.82) is 0 Å². The average Bonchev–Trinajstić information content (AvgIpc) is 2.89. The van der Waals surface area contributed by atoms with E-state index in [0.29, 0.717) is 35.1 Å². The fraction of sp³-hybridized carbons (Fsp3) is 0.200. The Labute approximate surface area is 139 Å². The third-order valence-electron chi connectivity index (χ3n) is 3.46. The van der Waals surface area contributed by atoms with Crippen LogP contribution in [0.15, 0.2) is 42.6 Å². The molecular weight excluding hydrogens is 338 g/mol. The SMILES string of the molecule is O=C(Nc1ccc(Cl)cn1)c1cccc(N2CCCS2(=O)=O)c1. The summed E-state index contributed by atoms with van der Waals surface area (Å²) in [5, 5.41) is 3.12. The fourth-order valence-electron chi connectivity index (χ4n) is 2.37. The van der Waals surface area contributed by atoms with E-state index in [9.17, 15) is 13.2 Å². The maximum Gasteiger partial charge on any atom is 0.256 e. The van der Waals surface area contributed by atoms with Gasteiger partial charge in [0.05, 0.1) is 16.5 Å². The Kier molecular flexibility index (Phi) is 4.23. The number of pyridine rings is 1. The molecule has 0 spiro atoms. The molecule has 1 aromatic carbocycles. The molecular formula is C15H14ClN3O3S. The number of nitrogens with one attached hydrogen (secondary N) is 1. The number of amides is 1. The lowest BCUT2D eigenvalue weighted by Gasteiger charge is -2.17. The Morgan fingerprint density at radius 1 is 1.26 bits per heavy atom. The second-order valence-electron chi connectivity index (χ2n) is 5.11. The second-order valence-corrected chi connectivity index (χ2v) is 7.56. The van der Waals surface area contributed by atoms with Gasteiger partial charge >= 0.3 is 0 Å². The summed E-state index contributed by atoms with van der Waals surface area (Å²) in [6.07, 6.45) is 2.03. The monoisotopic (exact) mass is 351 g/mol. The Morgan fingerprint density at radius 3 is 2.74 bits per heavy atom. The molecule has 6 nitrogen and oxygen atoms in total. The molecule has 0 saturated carbocycles. The largest absolute Gasteiger partial charge is 0.307 e. The number of carbonyl (C=O) groups is 1. The van der Waals surface area contributed by atoms with Gasteiger partial charge < -0.3 is 5.32 Å². The molecule has 2 heterocycles. The zero-order valence-electron chi connectivity index (χ0n) is 12.1. The molecule has 23 heavy (non-hydrogen) atoms. The number of benzene rings is 1. The van der Waals surface area contributed by atoms with Crippen molar-refractivity contribution in [3.05, 3.63) is 53.2 Å². The maximum absolute atomic E-state index is 12.3. The standard InChI is InChI=1S/C15H14ClN3O3S/c16-12-5-6-14(17-10-12)18-15(20)11-3-1-4-13(9-11)19-7-2-8-23(19,21)22/h1,3-6,9-10H,2,7-8H2,(H,17,18,20).